The Morgan fingerprint density at radius 1 is 0.800 bits per heavy atom. The standard InChI is InChI=1S/C23H17BN/c1-14-10-11-17-16-7-3-4-8-18(16)24-19-9-5-6-15-12-13-25(2)23(21(15)19)20(14)22(17)24/h3-13H,1-2H3/q+1. The molecule has 0 atom stereocenters. The molecular formula is C23H17BN+. The molecule has 0 saturated carbocycles. The molecule has 0 radical (unpaired) electrons. The van der Waals surface area contributed by atoms with Gasteiger partial charge in [-0.25, -0.2) is 4.57 Å². The molecule has 4 aromatic rings. The molecule has 0 N–H and O–H groups in total. The third kappa shape index (κ3) is 1.49. The fourth-order valence-electron chi connectivity index (χ4n) is 5.04. The normalized spacial score (nSPS) is 13.1. The lowest BCUT2D eigenvalue weighted by Crippen LogP contribution is -2.54. The Hall–Kier alpha value is -2.87. The van der Waals surface area contributed by atoms with Crippen LogP contribution >= 0.6 is 0 Å². The Bertz CT molecular complexity index is 1220. The predicted molar refractivity (Wildman–Crippen MR) is 105 cm³/mol. The van der Waals surface area contributed by atoms with E-state index in [1.807, 2.05) is 0 Å². The summed E-state index contributed by atoms with van der Waals surface area (Å²) in [6.07, 6.45) is 2.20. The van der Waals surface area contributed by atoms with Crippen molar-refractivity contribution in [2.75, 3.05) is 0 Å². The van der Waals surface area contributed by atoms with Crippen LogP contribution in [0, 0.1) is 6.92 Å². The van der Waals surface area contributed by atoms with Crippen molar-refractivity contribution in [3.8, 4) is 22.4 Å². The zero-order valence-electron chi connectivity index (χ0n) is 14.4. The van der Waals surface area contributed by atoms with E-state index >= 15 is 0 Å². The van der Waals surface area contributed by atoms with E-state index in [1.165, 1.54) is 55.1 Å². The highest BCUT2D eigenvalue weighted by atomic mass is 14.9. The van der Waals surface area contributed by atoms with E-state index in [9.17, 15) is 0 Å². The SMILES string of the molecule is Cc1ccc2c3c1-c1c4c(cccc4cc[n+]1C)B3c1ccccc1-2. The molecule has 116 valence electrons. The molecule has 2 aliphatic heterocycles. The maximum absolute atomic E-state index is 2.33. The van der Waals surface area contributed by atoms with Crippen molar-refractivity contribution >= 4 is 33.9 Å². The topological polar surface area (TPSA) is 3.88 Å². The minimum Gasteiger partial charge on any atom is -0.200 e. The first-order valence-electron chi connectivity index (χ1n) is 8.90. The van der Waals surface area contributed by atoms with Crippen LogP contribution in [0.25, 0.3) is 33.2 Å². The van der Waals surface area contributed by atoms with E-state index in [4.69, 9.17) is 0 Å². The molecule has 0 bridgehead atoms. The molecule has 2 heteroatoms. The van der Waals surface area contributed by atoms with Crippen LogP contribution in [-0.4, -0.2) is 6.71 Å². The number of fused-ring (bicyclic) bond motifs is 5. The zero-order chi connectivity index (χ0) is 16.7. The monoisotopic (exact) mass is 318 g/mol. The summed E-state index contributed by atoms with van der Waals surface area (Å²) in [5.41, 5.74) is 11.4. The number of pyridine rings is 1. The minimum atomic E-state index is 0.361. The molecule has 3 aromatic carbocycles. The Morgan fingerprint density at radius 2 is 1.64 bits per heavy atom. The molecule has 25 heavy (non-hydrogen) atoms. The van der Waals surface area contributed by atoms with Gasteiger partial charge in [0, 0.05) is 17.0 Å². The molecule has 0 unspecified atom stereocenters. The van der Waals surface area contributed by atoms with Gasteiger partial charge in [-0.1, -0.05) is 65.5 Å². The molecule has 2 aliphatic rings. The predicted octanol–water partition coefficient (Wildman–Crippen LogP) is 2.45. The number of hydrogen-bond acceptors (Lipinski definition) is 0. The van der Waals surface area contributed by atoms with Gasteiger partial charge < -0.3 is 0 Å². The van der Waals surface area contributed by atoms with E-state index in [0.29, 0.717) is 6.71 Å². The second-order valence-electron chi connectivity index (χ2n) is 7.33. The maximum Gasteiger partial charge on any atom is 0.245 e. The van der Waals surface area contributed by atoms with Crippen molar-refractivity contribution in [1.82, 2.24) is 0 Å². The van der Waals surface area contributed by atoms with E-state index in [2.05, 4.69) is 85.4 Å². The third-order valence-electron chi connectivity index (χ3n) is 6.05. The second kappa shape index (κ2) is 4.40. The first-order valence-corrected chi connectivity index (χ1v) is 8.90. The fourth-order valence-corrected chi connectivity index (χ4v) is 5.04. The van der Waals surface area contributed by atoms with Gasteiger partial charge in [0.15, 0.2) is 6.20 Å². The third-order valence-corrected chi connectivity index (χ3v) is 6.05. The number of aryl methyl sites for hydroxylation is 2. The van der Waals surface area contributed by atoms with Gasteiger partial charge in [0.1, 0.15) is 7.05 Å². The summed E-state index contributed by atoms with van der Waals surface area (Å²) in [5.74, 6) is 0. The minimum absolute atomic E-state index is 0.361. The quantitative estimate of drug-likeness (QED) is 0.299. The largest absolute Gasteiger partial charge is 0.245 e. The maximum atomic E-state index is 2.33. The van der Waals surface area contributed by atoms with Gasteiger partial charge in [0.05, 0.1) is 0 Å². The van der Waals surface area contributed by atoms with Crippen LogP contribution in [-0.2, 0) is 7.05 Å². The molecule has 0 spiro atoms. The molecule has 0 aliphatic carbocycles. The molecule has 0 fully saturated rings. The average Bonchev–Trinajstić information content (AvgIpc) is 2.97. The van der Waals surface area contributed by atoms with Crippen LogP contribution in [0.5, 0.6) is 0 Å². The van der Waals surface area contributed by atoms with E-state index < -0.39 is 0 Å². The van der Waals surface area contributed by atoms with Gasteiger partial charge in [0.25, 0.3) is 0 Å². The summed E-state index contributed by atoms with van der Waals surface area (Å²) in [6, 6.07) is 22.6. The average molecular weight is 318 g/mol. The van der Waals surface area contributed by atoms with Gasteiger partial charge >= 0.3 is 0 Å². The van der Waals surface area contributed by atoms with Crippen LogP contribution in [0.3, 0.4) is 0 Å². The molecule has 3 heterocycles. The summed E-state index contributed by atoms with van der Waals surface area (Å²) < 4.78 is 2.30. The van der Waals surface area contributed by atoms with Crippen molar-refractivity contribution in [1.29, 1.82) is 0 Å². The molecule has 1 nitrogen and oxygen atoms in total. The number of benzene rings is 3. The van der Waals surface area contributed by atoms with Gasteiger partial charge in [-0.3, -0.25) is 0 Å². The first kappa shape index (κ1) is 13.4. The number of nitrogens with zero attached hydrogens (tertiary/aromatic N) is 1. The van der Waals surface area contributed by atoms with Crippen molar-refractivity contribution < 1.29 is 4.57 Å². The lowest BCUT2D eigenvalue weighted by atomic mass is 9.36. The van der Waals surface area contributed by atoms with Crippen molar-refractivity contribution in [3.63, 3.8) is 0 Å². The zero-order valence-corrected chi connectivity index (χ0v) is 14.4. The van der Waals surface area contributed by atoms with E-state index in [1.54, 1.807) is 0 Å². The Kier molecular flexibility index (Phi) is 2.36. The molecule has 0 amide bonds. The Balaban J connectivity index is 1.92. The summed E-state index contributed by atoms with van der Waals surface area (Å²) in [5, 5.41) is 2.76. The van der Waals surface area contributed by atoms with Crippen LogP contribution in [0.2, 0.25) is 0 Å². The number of aromatic nitrogens is 1. The molecular weight excluding hydrogens is 301 g/mol. The highest BCUT2D eigenvalue weighted by molar-refractivity contribution is 7.01. The van der Waals surface area contributed by atoms with Crippen LogP contribution in [0.4, 0.5) is 0 Å². The lowest BCUT2D eigenvalue weighted by molar-refractivity contribution is -0.659. The highest BCUT2D eigenvalue weighted by Gasteiger charge is 2.42. The van der Waals surface area contributed by atoms with E-state index in [0.717, 1.165) is 0 Å². The van der Waals surface area contributed by atoms with Gasteiger partial charge in [-0.2, -0.15) is 0 Å². The highest BCUT2D eigenvalue weighted by Crippen LogP contribution is 2.36. The first-order chi connectivity index (χ1) is 12.3. The number of rotatable bonds is 0. The van der Waals surface area contributed by atoms with Crippen LogP contribution in [0.1, 0.15) is 5.56 Å². The Morgan fingerprint density at radius 3 is 2.56 bits per heavy atom. The van der Waals surface area contributed by atoms with Crippen molar-refractivity contribution in [3.05, 3.63) is 72.4 Å². The summed E-state index contributed by atoms with van der Waals surface area (Å²) in [6.45, 7) is 2.61. The van der Waals surface area contributed by atoms with Crippen molar-refractivity contribution in [2.24, 2.45) is 7.05 Å². The molecule has 0 saturated heterocycles. The smallest absolute Gasteiger partial charge is 0.200 e. The van der Waals surface area contributed by atoms with E-state index in [-0.39, 0.29) is 0 Å². The second-order valence-corrected chi connectivity index (χ2v) is 7.33. The van der Waals surface area contributed by atoms with Gasteiger partial charge in [-0.05, 0) is 34.5 Å². The fraction of sp³-hybridized carbons (Fsp3) is 0.0870. The summed E-state index contributed by atoms with van der Waals surface area (Å²) in [7, 11) is 2.17. The van der Waals surface area contributed by atoms with Gasteiger partial charge in [-0.15, -0.1) is 0 Å². The van der Waals surface area contributed by atoms with Crippen LogP contribution in [0.15, 0.2) is 66.9 Å². The summed E-state index contributed by atoms with van der Waals surface area (Å²) in [4.78, 5) is 0. The van der Waals surface area contributed by atoms with Gasteiger partial charge in [0.2, 0.25) is 12.4 Å². The van der Waals surface area contributed by atoms with Crippen molar-refractivity contribution in [2.45, 2.75) is 6.92 Å². The number of hydrogen-bond donors (Lipinski definition) is 0. The van der Waals surface area contributed by atoms with Crippen LogP contribution < -0.4 is 21.0 Å². The Labute approximate surface area is 147 Å². The summed E-state index contributed by atoms with van der Waals surface area (Å²) >= 11 is 0. The molecule has 6 rings (SSSR count). The lowest BCUT2D eigenvalue weighted by Gasteiger charge is -2.23. The molecule has 1 aromatic heterocycles.